The molecular formula is C14H20N4O3. The van der Waals surface area contributed by atoms with Gasteiger partial charge in [-0.15, -0.1) is 0 Å². The molecule has 0 aliphatic heterocycles. The Balaban J connectivity index is 0.000000383. The number of nitrogens with zero attached hydrogens (tertiary/aromatic N) is 4. The number of aromatic nitrogens is 3. The second kappa shape index (κ2) is 6.74. The van der Waals surface area contributed by atoms with Gasteiger partial charge in [0.25, 0.3) is 0 Å². The number of carboxylic acids is 1. The molecule has 2 aromatic rings. The smallest absolute Gasteiger partial charge is 0.354 e. The molecule has 0 saturated heterocycles. The lowest BCUT2D eigenvalue weighted by Crippen LogP contribution is -2.06. The Morgan fingerprint density at radius 3 is 2.10 bits per heavy atom. The Kier molecular flexibility index (Phi) is 5.29. The zero-order valence-electron chi connectivity index (χ0n) is 12.9. The van der Waals surface area contributed by atoms with Gasteiger partial charge < -0.3 is 14.6 Å². The predicted octanol–water partition coefficient (Wildman–Crippen LogP) is 1.23. The van der Waals surface area contributed by atoms with E-state index in [-0.39, 0.29) is 5.69 Å². The Labute approximate surface area is 123 Å². The third-order valence-electron chi connectivity index (χ3n) is 2.80. The van der Waals surface area contributed by atoms with Gasteiger partial charge >= 0.3 is 5.97 Å². The van der Waals surface area contributed by atoms with Gasteiger partial charge in [0.15, 0.2) is 5.82 Å². The molecule has 0 atom stereocenters. The molecule has 0 radical (unpaired) electrons. The van der Waals surface area contributed by atoms with Crippen LogP contribution < -0.4 is 0 Å². The van der Waals surface area contributed by atoms with Gasteiger partial charge in [0.2, 0.25) is 6.41 Å². The molecule has 0 unspecified atom stereocenters. The third kappa shape index (κ3) is 3.95. The van der Waals surface area contributed by atoms with Gasteiger partial charge in [-0.3, -0.25) is 9.48 Å². The van der Waals surface area contributed by atoms with Crippen LogP contribution in [-0.2, 0) is 11.8 Å². The van der Waals surface area contributed by atoms with E-state index in [2.05, 4.69) is 5.10 Å². The number of carboxylic acid groups (broad SMARTS) is 1. The van der Waals surface area contributed by atoms with Crippen molar-refractivity contribution >= 4 is 12.4 Å². The van der Waals surface area contributed by atoms with Crippen LogP contribution in [0.15, 0.2) is 18.2 Å². The van der Waals surface area contributed by atoms with Crippen LogP contribution in [0.25, 0.3) is 5.82 Å². The summed E-state index contributed by atoms with van der Waals surface area (Å²) in [6.45, 7) is 3.92. The first-order chi connectivity index (χ1) is 9.77. The third-order valence-corrected chi connectivity index (χ3v) is 2.80. The van der Waals surface area contributed by atoms with Crippen molar-refractivity contribution in [3.05, 3.63) is 35.3 Å². The first kappa shape index (κ1) is 16.5. The van der Waals surface area contributed by atoms with Gasteiger partial charge in [0.05, 0.1) is 0 Å². The summed E-state index contributed by atoms with van der Waals surface area (Å²) in [5.74, 6) is -0.330. The summed E-state index contributed by atoms with van der Waals surface area (Å²) in [5.41, 5.74) is 2.25. The van der Waals surface area contributed by atoms with Crippen LogP contribution in [0.5, 0.6) is 0 Å². The van der Waals surface area contributed by atoms with E-state index in [4.69, 9.17) is 5.11 Å². The highest BCUT2D eigenvalue weighted by atomic mass is 16.4. The van der Waals surface area contributed by atoms with Gasteiger partial charge in [-0.2, -0.15) is 5.10 Å². The standard InChI is InChI=1S/C11H13N3O2.C3H7NO/c1-7-4-5-8(2)14(7)10-6-9(11(15)16)13(3)12-10;1-4(2)3-5/h4-6H,1-3H3,(H,15,16);3H,1-2H3. The number of aryl methyl sites for hydroxylation is 3. The van der Waals surface area contributed by atoms with Crippen molar-refractivity contribution in [2.24, 2.45) is 7.05 Å². The molecule has 0 bridgehead atoms. The van der Waals surface area contributed by atoms with E-state index < -0.39 is 5.97 Å². The van der Waals surface area contributed by atoms with E-state index >= 15 is 0 Å². The van der Waals surface area contributed by atoms with Crippen molar-refractivity contribution in [1.82, 2.24) is 19.2 Å². The Morgan fingerprint density at radius 1 is 1.29 bits per heavy atom. The van der Waals surface area contributed by atoms with Gasteiger partial charge in [-0.25, -0.2) is 4.79 Å². The first-order valence-electron chi connectivity index (χ1n) is 6.32. The molecule has 0 saturated carbocycles. The van der Waals surface area contributed by atoms with E-state index in [0.29, 0.717) is 5.82 Å². The fraction of sp³-hybridized carbons (Fsp3) is 0.357. The second-order valence-corrected chi connectivity index (χ2v) is 4.84. The number of amides is 1. The summed E-state index contributed by atoms with van der Waals surface area (Å²) in [4.78, 5) is 21.8. The molecule has 21 heavy (non-hydrogen) atoms. The van der Waals surface area contributed by atoms with Crippen LogP contribution in [0.3, 0.4) is 0 Å². The molecule has 7 heteroatoms. The fourth-order valence-electron chi connectivity index (χ4n) is 1.79. The Bertz CT molecular complexity index is 621. The molecule has 1 amide bonds. The molecule has 2 heterocycles. The summed E-state index contributed by atoms with van der Waals surface area (Å²) in [6.07, 6.45) is 0.750. The van der Waals surface area contributed by atoms with Gasteiger partial charge in [-0.1, -0.05) is 0 Å². The molecule has 0 fully saturated rings. The van der Waals surface area contributed by atoms with Crippen LogP contribution in [0.1, 0.15) is 21.9 Å². The fourth-order valence-corrected chi connectivity index (χ4v) is 1.79. The summed E-state index contributed by atoms with van der Waals surface area (Å²) in [6, 6.07) is 5.53. The van der Waals surface area contributed by atoms with E-state index in [1.54, 1.807) is 27.2 Å². The van der Waals surface area contributed by atoms with Crippen LogP contribution in [0.4, 0.5) is 0 Å². The number of aromatic carboxylic acids is 1. The number of carbonyl (C=O) groups is 2. The maximum Gasteiger partial charge on any atom is 0.354 e. The predicted molar refractivity (Wildman–Crippen MR) is 78.7 cm³/mol. The van der Waals surface area contributed by atoms with Crippen LogP contribution in [-0.4, -0.2) is 50.8 Å². The van der Waals surface area contributed by atoms with E-state index in [9.17, 15) is 9.59 Å². The van der Waals surface area contributed by atoms with Crippen molar-refractivity contribution in [1.29, 1.82) is 0 Å². The minimum Gasteiger partial charge on any atom is -0.477 e. The van der Waals surface area contributed by atoms with Crippen LogP contribution >= 0.6 is 0 Å². The maximum absolute atomic E-state index is 10.9. The minimum absolute atomic E-state index is 0.183. The molecule has 2 aromatic heterocycles. The molecule has 0 aliphatic rings. The summed E-state index contributed by atoms with van der Waals surface area (Å²) in [7, 11) is 5.00. The minimum atomic E-state index is -0.969. The molecule has 0 aromatic carbocycles. The largest absolute Gasteiger partial charge is 0.477 e. The SMILES string of the molecule is CN(C)C=O.Cc1ccc(C)n1-c1cc(C(=O)O)n(C)n1. The molecule has 0 spiro atoms. The average molecular weight is 292 g/mol. The van der Waals surface area contributed by atoms with E-state index in [0.717, 1.165) is 17.8 Å². The van der Waals surface area contributed by atoms with Crippen molar-refractivity contribution in [2.45, 2.75) is 13.8 Å². The quantitative estimate of drug-likeness (QED) is 0.863. The highest BCUT2D eigenvalue weighted by molar-refractivity contribution is 5.86. The average Bonchev–Trinajstić information content (AvgIpc) is 2.93. The summed E-state index contributed by atoms with van der Waals surface area (Å²) in [5, 5.41) is 13.1. The number of carbonyl (C=O) groups excluding carboxylic acids is 1. The highest BCUT2D eigenvalue weighted by Crippen LogP contribution is 2.15. The normalized spacial score (nSPS) is 9.76. The first-order valence-corrected chi connectivity index (χ1v) is 6.32. The monoisotopic (exact) mass is 292 g/mol. The second-order valence-electron chi connectivity index (χ2n) is 4.84. The molecule has 2 rings (SSSR count). The van der Waals surface area contributed by atoms with Gasteiger partial charge in [-0.05, 0) is 26.0 Å². The lowest BCUT2D eigenvalue weighted by atomic mass is 10.4. The van der Waals surface area contributed by atoms with Gasteiger partial charge in [0, 0.05) is 38.6 Å². The van der Waals surface area contributed by atoms with Gasteiger partial charge in [0.1, 0.15) is 5.69 Å². The maximum atomic E-state index is 10.9. The van der Waals surface area contributed by atoms with Crippen molar-refractivity contribution < 1.29 is 14.7 Å². The van der Waals surface area contributed by atoms with Crippen molar-refractivity contribution in [3.63, 3.8) is 0 Å². The number of rotatable bonds is 3. The molecule has 7 nitrogen and oxygen atoms in total. The lowest BCUT2D eigenvalue weighted by molar-refractivity contribution is -0.115. The molecule has 1 N–H and O–H groups in total. The highest BCUT2D eigenvalue weighted by Gasteiger charge is 2.14. The van der Waals surface area contributed by atoms with E-state index in [1.165, 1.54) is 9.58 Å². The molecule has 114 valence electrons. The van der Waals surface area contributed by atoms with Crippen LogP contribution in [0, 0.1) is 13.8 Å². The number of hydrogen-bond donors (Lipinski definition) is 1. The van der Waals surface area contributed by atoms with Crippen molar-refractivity contribution in [2.75, 3.05) is 14.1 Å². The number of hydrogen-bond acceptors (Lipinski definition) is 3. The Hall–Kier alpha value is -2.57. The summed E-state index contributed by atoms with van der Waals surface area (Å²) < 4.78 is 3.29. The van der Waals surface area contributed by atoms with Crippen molar-refractivity contribution in [3.8, 4) is 5.82 Å². The topological polar surface area (TPSA) is 80.4 Å². The van der Waals surface area contributed by atoms with Crippen LogP contribution in [0.2, 0.25) is 0 Å². The Morgan fingerprint density at radius 2 is 1.76 bits per heavy atom. The summed E-state index contributed by atoms with van der Waals surface area (Å²) >= 11 is 0. The lowest BCUT2D eigenvalue weighted by Gasteiger charge is -2.03. The zero-order chi connectivity index (χ0) is 16.2. The van der Waals surface area contributed by atoms with E-state index in [1.807, 2.05) is 30.5 Å². The molecule has 0 aliphatic carbocycles. The molecular weight excluding hydrogens is 272 g/mol. The zero-order valence-corrected chi connectivity index (χ0v) is 12.9.